The van der Waals surface area contributed by atoms with Crippen molar-refractivity contribution in [3.05, 3.63) is 20.8 Å². The minimum atomic E-state index is -0.246. The van der Waals surface area contributed by atoms with Crippen LogP contribution in [-0.4, -0.2) is 37.5 Å². The van der Waals surface area contributed by atoms with Gasteiger partial charge in [-0.3, -0.25) is 9.59 Å². The Kier molecular flexibility index (Phi) is 5.64. The second-order valence-corrected chi connectivity index (χ2v) is 5.84. The molecule has 0 radical (unpaired) electrons. The molecule has 6 heteroatoms. The van der Waals surface area contributed by atoms with Gasteiger partial charge in [-0.2, -0.15) is 0 Å². The zero-order chi connectivity index (χ0) is 12.8. The molecule has 1 aromatic rings. The van der Waals surface area contributed by atoms with Gasteiger partial charge in [0.2, 0.25) is 0 Å². The number of methoxy groups -OCH3 is 1. The molecule has 0 fully saturated rings. The maximum atomic E-state index is 11.9. The number of halogens is 1. The van der Waals surface area contributed by atoms with Gasteiger partial charge in [0, 0.05) is 25.4 Å². The quantitative estimate of drug-likeness (QED) is 0.783. The van der Waals surface area contributed by atoms with E-state index in [9.17, 15) is 9.59 Å². The zero-order valence-electron chi connectivity index (χ0n) is 9.73. The maximum Gasteiger partial charge on any atom is 0.305 e. The molecule has 17 heavy (non-hydrogen) atoms. The Balaban J connectivity index is 2.40. The van der Waals surface area contributed by atoms with E-state index in [1.165, 1.54) is 18.4 Å². The van der Waals surface area contributed by atoms with E-state index in [0.717, 1.165) is 3.79 Å². The van der Waals surface area contributed by atoms with Crippen molar-refractivity contribution in [1.29, 1.82) is 0 Å². The summed E-state index contributed by atoms with van der Waals surface area (Å²) < 4.78 is 5.47. The van der Waals surface area contributed by atoms with Crippen molar-refractivity contribution < 1.29 is 14.3 Å². The standard InChI is InChI=1S/C11H14BrNO3S/c1-13(5-3-4-10(14)16-2)11(15)8-6-9(12)17-7-8/h6-7H,3-5H2,1-2H3. The molecule has 0 atom stereocenters. The number of hydrogen-bond donors (Lipinski definition) is 0. The smallest absolute Gasteiger partial charge is 0.305 e. The van der Waals surface area contributed by atoms with Gasteiger partial charge in [-0.15, -0.1) is 11.3 Å². The van der Waals surface area contributed by atoms with E-state index >= 15 is 0 Å². The highest BCUT2D eigenvalue weighted by Gasteiger charge is 2.13. The van der Waals surface area contributed by atoms with E-state index in [4.69, 9.17) is 0 Å². The third kappa shape index (κ3) is 4.47. The maximum absolute atomic E-state index is 11.9. The van der Waals surface area contributed by atoms with Gasteiger partial charge in [0.05, 0.1) is 16.5 Å². The molecule has 0 saturated heterocycles. The first kappa shape index (κ1) is 14.2. The summed E-state index contributed by atoms with van der Waals surface area (Å²) in [5, 5.41) is 1.81. The molecule has 94 valence electrons. The lowest BCUT2D eigenvalue weighted by Crippen LogP contribution is -2.27. The van der Waals surface area contributed by atoms with Crippen LogP contribution in [0.5, 0.6) is 0 Å². The Labute approximate surface area is 113 Å². The van der Waals surface area contributed by atoms with Crippen molar-refractivity contribution in [2.24, 2.45) is 0 Å². The molecule has 1 rings (SSSR count). The number of carbonyl (C=O) groups excluding carboxylic acids is 2. The number of hydrogen-bond acceptors (Lipinski definition) is 4. The summed E-state index contributed by atoms with van der Waals surface area (Å²) in [6.07, 6.45) is 0.946. The van der Waals surface area contributed by atoms with E-state index in [1.54, 1.807) is 18.0 Å². The number of ether oxygens (including phenoxy) is 1. The minimum absolute atomic E-state index is 0.0307. The zero-order valence-corrected chi connectivity index (χ0v) is 12.1. The van der Waals surface area contributed by atoms with Crippen LogP contribution in [0.2, 0.25) is 0 Å². The van der Waals surface area contributed by atoms with Crippen LogP contribution in [0, 0.1) is 0 Å². The first-order valence-electron chi connectivity index (χ1n) is 5.11. The molecule has 0 aromatic carbocycles. The van der Waals surface area contributed by atoms with E-state index in [1.807, 2.05) is 5.38 Å². The number of esters is 1. The van der Waals surface area contributed by atoms with E-state index < -0.39 is 0 Å². The summed E-state index contributed by atoms with van der Waals surface area (Å²) in [5.74, 6) is -0.277. The Morgan fingerprint density at radius 2 is 2.24 bits per heavy atom. The van der Waals surface area contributed by atoms with Crippen molar-refractivity contribution in [2.45, 2.75) is 12.8 Å². The molecule has 0 aliphatic carbocycles. The second-order valence-electron chi connectivity index (χ2n) is 3.55. The lowest BCUT2D eigenvalue weighted by atomic mass is 10.2. The summed E-state index contributed by atoms with van der Waals surface area (Å²) >= 11 is 4.79. The van der Waals surface area contributed by atoms with Crippen LogP contribution in [0.1, 0.15) is 23.2 Å². The molecule has 0 aliphatic heterocycles. The normalized spacial score (nSPS) is 10.1. The topological polar surface area (TPSA) is 46.6 Å². The molecule has 1 aromatic heterocycles. The van der Waals surface area contributed by atoms with Crippen LogP contribution in [0.25, 0.3) is 0 Å². The molecular weight excluding hydrogens is 306 g/mol. The average Bonchev–Trinajstić information content (AvgIpc) is 2.74. The molecule has 4 nitrogen and oxygen atoms in total. The largest absolute Gasteiger partial charge is 0.469 e. The van der Waals surface area contributed by atoms with E-state index in [-0.39, 0.29) is 11.9 Å². The van der Waals surface area contributed by atoms with Gasteiger partial charge in [0.15, 0.2) is 0 Å². The van der Waals surface area contributed by atoms with Crippen molar-refractivity contribution in [3.63, 3.8) is 0 Å². The Bertz CT molecular complexity index is 405. The molecule has 1 heterocycles. The minimum Gasteiger partial charge on any atom is -0.469 e. The van der Waals surface area contributed by atoms with Gasteiger partial charge >= 0.3 is 5.97 Å². The van der Waals surface area contributed by atoms with E-state index in [2.05, 4.69) is 20.7 Å². The van der Waals surface area contributed by atoms with Crippen molar-refractivity contribution in [2.75, 3.05) is 20.7 Å². The second kappa shape index (κ2) is 6.76. The number of thiophene rings is 1. The van der Waals surface area contributed by atoms with Gasteiger partial charge in [0.1, 0.15) is 0 Å². The van der Waals surface area contributed by atoms with Gasteiger partial charge < -0.3 is 9.64 Å². The Hall–Kier alpha value is -0.880. The fourth-order valence-corrected chi connectivity index (χ4v) is 2.44. The number of rotatable bonds is 5. The lowest BCUT2D eigenvalue weighted by Gasteiger charge is -2.15. The summed E-state index contributed by atoms with van der Waals surface area (Å²) in [5.41, 5.74) is 0.669. The van der Waals surface area contributed by atoms with Gasteiger partial charge in [-0.1, -0.05) is 0 Å². The molecule has 0 spiro atoms. The van der Waals surface area contributed by atoms with Crippen LogP contribution >= 0.6 is 27.3 Å². The highest BCUT2D eigenvalue weighted by molar-refractivity contribution is 9.11. The molecule has 1 amide bonds. The third-order valence-electron chi connectivity index (χ3n) is 2.26. The fourth-order valence-electron chi connectivity index (χ4n) is 1.31. The summed E-state index contributed by atoms with van der Waals surface area (Å²) in [6, 6.07) is 1.80. The number of amides is 1. The molecule has 0 bridgehead atoms. The molecule has 0 saturated carbocycles. The molecule has 0 aliphatic rings. The Morgan fingerprint density at radius 1 is 1.53 bits per heavy atom. The summed E-state index contributed by atoms with van der Waals surface area (Å²) in [6.45, 7) is 0.543. The van der Waals surface area contributed by atoms with E-state index in [0.29, 0.717) is 24.9 Å². The lowest BCUT2D eigenvalue weighted by molar-refractivity contribution is -0.140. The van der Waals surface area contributed by atoms with Crippen LogP contribution in [0.4, 0.5) is 0 Å². The number of nitrogens with zero attached hydrogens (tertiary/aromatic N) is 1. The molecule has 0 N–H and O–H groups in total. The molecular formula is C11H14BrNO3S. The van der Waals surface area contributed by atoms with Crippen molar-refractivity contribution in [1.82, 2.24) is 4.90 Å². The predicted octanol–water partition coefficient (Wildman–Crippen LogP) is 2.54. The predicted molar refractivity (Wildman–Crippen MR) is 70.2 cm³/mol. The van der Waals surface area contributed by atoms with Crippen LogP contribution in [-0.2, 0) is 9.53 Å². The number of carbonyl (C=O) groups is 2. The van der Waals surface area contributed by atoms with Gasteiger partial charge in [-0.05, 0) is 28.4 Å². The monoisotopic (exact) mass is 319 g/mol. The first-order valence-corrected chi connectivity index (χ1v) is 6.78. The summed E-state index contributed by atoms with van der Waals surface area (Å²) in [7, 11) is 3.09. The first-order chi connectivity index (χ1) is 8.04. The average molecular weight is 320 g/mol. The van der Waals surface area contributed by atoms with Crippen LogP contribution in [0.15, 0.2) is 15.2 Å². The van der Waals surface area contributed by atoms with Crippen LogP contribution < -0.4 is 0 Å². The Morgan fingerprint density at radius 3 is 2.76 bits per heavy atom. The van der Waals surface area contributed by atoms with Gasteiger partial charge in [-0.25, -0.2) is 0 Å². The van der Waals surface area contributed by atoms with Gasteiger partial charge in [0.25, 0.3) is 5.91 Å². The molecule has 0 unspecified atom stereocenters. The fraction of sp³-hybridized carbons (Fsp3) is 0.455. The van der Waals surface area contributed by atoms with Crippen LogP contribution in [0.3, 0.4) is 0 Å². The SMILES string of the molecule is COC(=O)CCCN(C)C(=O)c1csc(Br)c1. The van der Waals surface area contributed by atoms with Crippen molar-refractivity contribution in [3.8, 4) is 0 Å². The highest BCUT2D eigenvalue weighted by Crippen LogP contribution is 2.21. The highest BCUT2D eigenvalue weighted by atomic mass is 79.9. The summed E-state index contributed by atoms with van der Waals surface area (Å²) in [4.78, 5) is 24.4. The van der Waals surface area contributed by atoms with Crippen molar-refractivity contribution >= 4 is 39.1 Å². The third-order valence-corrected chi connectivity index (χ3v) is 3.77.